The summed E-state index contributed by atoms with van der Waals surface area (Å²) >= 11 is 0. The third-order valence-corrected chi connectivity index (χ3v) is 6.68. The molecule has 148 valence electrons. The van der Waals surface area contributed by atoms with E-state index in [0.29, 0.717) is 17.0 Å². The van der Waals surface area contributed by atoms with Crippen LogP contribution in [0.1, 0.15) is 41.2 Å². The summed E-state index contributed by atoms with van der Waals surface area (Å²) in [7, 11) is 1.74. The molecule has 5 rings (SSSR count). The van der Waals surface area contributed by atoms with Crippen LogP contribution in [0.4, 0.5) is 0 Å². The summed E-state index contributed by atoms with van der Waals surface area (Å²) in [5, 5.41) is 6.67. The number of nitrogens with zero attached hydrogens (tertiary/aromatic N) is 2. The van der Waals surface area contributed by atoms with Crippen LogP contribution in [0.3, 0.4) is 0 Å². The highest BCUT2D eigenvalue weighted by Gasteiger charge is 2.55. The molecule has 1 aliphatic carbocycles. The molecular formula is C24H25N3O2. The van der Waals surface area contributed by atoms with Gasteiger partial charge >= 0.3 is 0 Å². The molecule has 1 saturated heterocycles. The molecule has 2 aromatic carbocycles. The molecule has 1 amide bonds. The lowest BCUT2D eigenvalue weighted by atomic mass is 9.88. The number of H-pyrrole nitrogens is 1. The van der Waals surface area contributed by atoms with Crippen molar-refractivity contribution in [1.82, 2.24) is 15.1 Å². The number of likely N-dealkylation sites (tertiary alicyclic amines) is 1. The number of ether oxygens (including phenoxy) is 1. The number of carbonyl (C=O) groups excluding carboxylic acids is 1. The van der Waals surface area contributed by atoms with Gasteiger partial charge < -0.3 is 9.64 Å². The summed E-state index contributed by atoms with van der Waals surface area (Å²) in [6.45, 7) is 1.63. The van der Waals surface area contributed by atoms with Crippen molar-refractivity contribution in [2.75, 3.05) is 20.2 Å². The standard InChI is InChI=1S/C24H25N3O2/c1-29-22-15-18(7-8-19(22)17-5-3-2-4-6-17)20-16-24(20)10-13-27(14-11-24)23(28)21-9-12-25-26-21/h2-9,12,15,20H,10-11,13-14,16H2,1H3,(H,25,26). The van der Waals surface area contributed by atoms with Crippen LogP contribution in [0.5, 0.6) is 5.75 Å². The van der Waals surface area contributed by atoms with E-state index in [0.717, 1.165) is 37.2 Å². The SMILES string of the molecule is COc1cc(C2CC23CCN(C(=O)c2ccn[nH]2)CC3)ccc1-c1ccccc1. The predicted octanol–water partition coefficient (Wildman–Crippen LogP) is 4.50. The molecule has 1 N–H and O–H groups in total. The number of nitrogens with one attached hydrogen (secondary N) is 1. The molecule has 0 bridgehead atoms. The van der Waals surface area contributed by atoms with Gasteiger partial charge in [-0.1, -0.05) is 42.5 Å². The zero-order chi connectivity index (χ0) is 19.8. The van der Waals surface area contributed by atoms with Crippen molar-refractivity contribution in [2.45, 2.75) is 25.2 Å². The summed E-state index contributed by atoms with van der Waals surface area (Å²) in [6.07, 6.45) is 4.94. The van der Waals surface area contributed by atoms with Gasteiger partial charge in [0.25, 0.3) is 5.91 Å². The number of amides is 1. The number of aromatic amines is 1. The molecule has 1 saturated carbocycles. The Morgan fingerprint density at radius 3 is 2.62 bits per heavy atom. The van der Waals surface area contributed by atoms with Crippen LogP contribution in [0, 0.1) is 5.41 Å². The highest BCUT2D eigenvalue weighted by atomic mass is 16.5. The predicted molar refractivity (Wildman–Crippen MR) is 112 cm³/mol. The first-order valence-electron chi connectivity index (χ1n) is 10.2. The molecule has 1 atom stereocenters. The van der Waals surface area contributed by atoms with Crippen molar-refractivity contribution in [1.29, 1.82) is 0 Å². The normalized spacial score (nSPS) is 19.9. The molecule has 2 heterocycles. The van der Waals surface area contributed by atoms with E-state index in [1.807, 2.05) is 11.0 Å². The largest absolute Gasteiger partial charge is 0.496 e. The fraction of sp³-hybridized carbons (Fsp3) is 0.333. The Labute approximate surface area is 170 Å². The van der Waals surface area contributed by atoms with Gasteiger partial charge in [-0.3, -0.25) is 9.89 Å². The molecule has 1 spiro atoms. The van der Waals surface area contributed by atoms with Gasteiger partial charge in [0.05, 0.1) is 7.11 Å². The Bertz CT molecular complexity index is 1010. The molecule has 1 unspecified atom stereocenters. The molecule has 5 nitrogen and oxygen atoms in total. The minimum atomic E-state index is 0.0587. The van der Waals surface area contributed by atoms with E-state index >= 15 is 0 Å². The fourth-order valence-corrected chi connectivity index (χ4v) is 4.85. The molecule has 2 aliphatic rings. The monoisotopic (exact) mass is 387 g/mol. The van der Waals surface area contributed by atoms with Gasteiger partial charge in [-0.2, -0.15) is 5.10 Å². The highest BCUT2D eigenvalue weighted by molar-refractivity contribution is 5.92. The third kappa shape index (κ3) is 3.20. The molecule has 1 aromatic heterocycles. The van der Waals surface area contributed by atoms with Gasteiger partial charge in [0.15, 0.2) is 0 Å². The number of hydrogen-bond donors (Lipinski definition) is 1. The molecular weight excluding hydrogens is 362 g/mol. The Kier molecular flexibility index (Phi) is 4.38. The lowest BCUT2D eigenvalue weighted by molar-refractivity contribution is 0.0669. The maximum atomic E-state index is 12.5. The molecule has 0 radical (unpaired) electrons. The number of piperidine rings is 1. The smallest absolute Gasteiger partial charge is 0.271 e. The lowest BCUT2D eigenvalue weighted by Gasteiger charge is -2.32. The average Bonchev–Trinajstić information content (AvgIpc) is 3.20. The van der Waals surface area contributed by atoms with E-state index in [9.17, 15) is 4.79 Å². The van der Waals surface area contributed by atoms with Crippen LogP contribution < -0.4 is 4.74 Å². The van der Waals surface area contributed by atoms with E-state index in [1.165, 1.54) is 17.5 Å². The van der Waals surface area contributed by atoms with Crippen LogP contribution in [-0.2, 0) is 0 Å². The summed E-state index contributed by atoms with van der Waals surface area (Å²) in [4.78, 5) is 14.5. The number of hydrogen-bond acceptors (Lipinski definition) is 3. The summed E-state index contributed by atoms with van der Waals surface area (Å²) in [5.41, 5.74) is 4.58. The van der Waals surface area contributed by atoms with Crippen molar-refractivity contribution < 1.29 is 9.53 Å². The average molecular weight is 387 g/mol. The fourth-order valence-electron chi connectivity index (χ4n) is 4.85. The molecule has 29 heavy (non-hydrogen) atoms. The minimum Gasteiger partial charge on any atom is -0.496 e. The summed E-state index contributed by atoms with van der Waals surface area (Å²) < 4.78 is 5.72. The number of aromatic nitrogens is 2. The van der Waals surface area contributed by atoms with Crippen LogP contribution in [0.25, 0.3) is 11.1 Å². The van der Waals surface area contributed by atoms with Gasteiger partial charge in [0, 0.05) is 24.8 Å². The summed E-state index contributed by atoms with van der Waals surface area (Å²) in [6, 6.07) is 18.8. The van der Waals surface area contributed by atoms with E-state index in [-0.39, 0.29) is 5.91 Å². The maximum absolute atomic E-state index is 12.5. The Morgan fingerprint density at radius 2 is 1.93 bits per heavy atom. The Balaban J connectivity index is 1.30. The second-order valence-corrected chi connectivity index (χ2v) is 8.21. The number of carbonyl (C=O) groups is 1. The van der Waals surface area contributed by atoms with E-state index in [4.69, 9.17) is 4.74 Å². The first-order chi connectivity index (χ1) is 14.2. The molecule has 3 aromatic rings. The number of methoxy groups -OCH3 is 1. The quantitative estimate of drug-likeness (QED) is 0.717. The molecule has 1 aliphatic heterocycles. The van der Waals surface area contributed by atoms with Gasteiger partial charge in [0.2, 0.25) is 0 Å². The van der Waals surface area contributed by atoms with E-state index < -0.39 is 0 Å². The first-order valence-corrected chi connectivity index (χ1v) is 10.2. The zero-order valence-electron chi connectivity index (χ0n) is 16.6. The van der Waals surface area contributed by atoms with Gasteiger partial charge in [-0.15, -0.1) is 0 Å². The van der Waals surface area contributed by atoms with E-state index in [2.05, 4.69) is 52.7 Å². The molecule has 2 fully saturated rings. The van der Waals surface area contributed by atoms with Crippen molar-refractivity contribution in [3.8, 4) is 16.9 Å². The van der Waals surface area contributed by atoms with Crippen LogP contribution in [0.2, 0.25) is 0 Å². The van der Waals surface area contributed by atoms with Crippen LogP contribution >= 0.6 is 0 Å². The highest BCUT2D eigenvalue weighted by Crippen LogP contribution is 2.65. The first kappa shape index (κ1) is 18.0. The third-order valence-electron chi connectivity index (χ3n) is 6.68. The number of rotatable bonds is 4. The number of benzene rings is 2. The van der Waals surface area contributed by atoms with Crippen LogP contribution in [-0.4, -0.2) is 41.2 Å². The Morgan fingerprint density at radius 1 is 1.14 bits per heavy atom. The van der Waals surface area contributed by atoms with Gasteiger partial charge in [-0.25, -0.2) is 0 Å². The summed E-state index contributed by atoms with van der Waals surface area (Å²) in [5.74, 6) is 1.55. The van der Waals surface area contributed by atoms with Gasteiger partial charge in [-0.05, 0) is 53.9 Å². The topological polar surface area (TPSA) is 58.2 Å². The van der Waals surface area contributed by atoms with Crippen molar-refractivity contribution in [3.63, 3.8) is 0 Å². The minimum absolute atomic E-state index is 0.0587. The van der Waals surface area contributed by atoms with E-state index in [1.54, 1.807) is 19.4 Å². The van der Waals surface area contributed by atoms with Gasteiger partial charge in [0.1, 0.15) is 11.4 Å². The van der Waals surface area contributed by atoms with Crippen molar-refractivity contribution in [3.05, 3.63) is 72.1 Å². The van der Waals surface area contributed by atoms with Crippen molar-refractivity contribution >= 4 is 5.91 Å². The lowest BCUT2D eigenvalue weighted by Crippen LogP contribution is -2.39. The second-order valence-electron chi connectivity index (χ2n) is 8.21. The zero-order valence-corrected chi connectivity index (χ0v) is 16.6. The maximum Gasteiger partial charge on any atom is 0.271 e. The molecule has 5 heteroatoms. The second kappa shape index (κ2) is 7.07. The Hall–Kier alpha value is -3.08. The van der Waals surface area contributed by atoms with Crippen molar-refractivity contribution in [2.24, 2.45) is 5.41 Å². The van der Waals surface area contributed by atoms with Crippen LogP contribution in [0.15, 0.2) is 60.8 Å².